The molecule has 10 heteroatoms. The molecule has 2 aromatic rings. The fourth-order valence-corrected chi connectivity index (χ4v) is 3.39. The third kappa shape index (κ3) is 3.70. The first-order chi connectivity index (χ1) is 12.3. The smallest absolute Gasteiger partial charge is 0.348 e. The Hall–Kier alpha value is -3.27. The van der Waals surface area contributed by atoms with Crippen molar-refractivity contribution in [2.24, 2.45) is 5.73 Å². The topological polar surface area (TPSA) is 142 Å². The number of ether oxygens (including phenoxy) is 1. The van der Waals surface area contributed by atoms with Crippen LogP contribution in [-0.4, -0.2) is 29.3 Å². The van der Waals surface area contributed by atoms with Crippen molar-refractivity contribution in [3.63, 3.8) is 0 Å². The Labute approximate surface area is 151 Å². The molecule has 0 aliphatic heterocycles. The van der Waals surface area contributed by atoms with Crippen molar-refractivity contribution in [1.82, 2.24) is 0 Å². The monoisotopic (exact) mass is 377 g/mol. The molecule has 26 heavy (non-hydrogen) atoms. The van der Waals surface area contributed by atoms with Crippen LogP contribution in [0.3, 0.4) is 0 Å². The highest BCUT2D eigenvalue weighted by Gasteiger charge is 2.27. The second-order valence-electron chi connectivity index (χ2n) is 5.07. The fourth-order valence-electron chi connectivity index (χ4n) is 2.28. The second-order valence-corrected chi connectivity index (χ2v) is 6.09. The van der Waals surface area contributed by atoms with Crippen LogP contribution in [0.1, 0.15) is 42.9 Å². The van der Waals surface area contributed by atoms with Gasteiger partial charge < -0.3 is 15.8 Å². The van der Waals surface area contributed by atoms with Crippen LogP contribution in [0.2, 0.25) is 0 Å². The van der Waals surface area contributed by atoms with Crippen LogP contribution in [0, 0.1) is 17.0 Å². The van der Waals surface area contributed by atoms with Crippen molar-refractivity contribution in [2.45, 2.75) is 13.8 Å². The molecule has 0 unspecified atom stereocenters. The molecular formula is C16H15N3O6S. The Balaban J connectivity index is 2.45. The van der Waals surface area contributed by atoms with Gasteiger partial charge in [0.15, 0.2) is 0 Å². The van der Waals surface area contributed by atoms with Gasteiger partial charge in [0, 0.05) is 6.07 Å². The number of benzene rings is 1. The van der Waals surface area contributed by atoms with E-state index in [0.29, 0.717) is 0 Å². The highest BCUT2D eigenvalue weighted by Crippen LogP contribution is 2.34. The van der Waals surface area contributed by atoms with Gasteiger partial charge in [-0.25, -0.2) is 4.79 Å². The number of anilines is 1. The molecule has 0 fully saturated rings. The number of nitro benzene ring substituents is 1. The first-order valence-electron chi connectivity index (χ1n) is 7.43. The number of hydrogen-bond acceptors (Lipinski definition) is 7. The lowest BCUT2D eigenvalue weighted by Crippen LogP contribution is -2.18. The molecule has 0 aliphatic rings. The van der Waals surface area contributed by atoms with Gasteiger partial charge in [-0.2, -0.15) is 0 Å². The number of amides is 2. The quantitative estimate of drug-likeness (QED) is 0.450. The van der Waals surface area contributed by atoms with E-state index in [-0.39, 0.29) is 38.9 Å². The molecule has 0 spiro atoms. The average molecular weight is 377 g/mol. The molecule has 2 amide bonds. The van der Waals surface area contributed by atoms with Crippen molar-refractivity contribution < 1.29 is 24.0 Å². The molecule has 0 atom stereocenters. The van der Waals surface area contributed by atoms with Crippen molar-refractivity contribution in [2.75, 3.05) is 11.9 Å². The lowest BCUT2D eigenvalue weighted by atomic mass is 10.1. The average Bonchev–Trinajstić information content (AvgIpc) is 2.91. The number of nitro groups is 1. The summed E-state index contributed by atoms with van der Waals surface area (Å²) >= 11 is 0.823. The van der Waals surface area contributed by atoms with E-state index in [0.717, 1.165) is 11.3 Å². The van der Waals surface area contributed by atoms with E-state index in [1.165, 1.54) is 31.2 Å². The maximum atomic E-state index is 12.5. The molecule has 0 radical (unpaired) electrons. The number of primary amides is 1. The van der Waals surface area contributed by atoms with Crippen LogP contribution in [0.4, 0.5) is 10.7 Å². The first kappa shape index (κ1) is 19.1. The predicted molar refractivity (Wildman–Crippen MR) is 94.6 cm³/mol. The van der Waals surface area contributed by atoms with Crippen molar-refractivity contribution in [3.8, 4) is 0 Å². The van der Waals surface area contributed by atoms with E-state index < -0.39 is 22.7 Å². The van der Waals surface area contributed by atoms with Gasteiger partial charge in [-0.15, -0.1) is 11.3 Å². The molecule has 1 heterocycles. The van der Waals surface area contributed by atoms with Crippen molar-refractivity contribution in [1.29, 1.82) is 0 Å². The first-order valence-corrected chi connectivity index (χ1v) is 8.24. The largest absolute Gasteiger partial charge is 0.462 e. The lowest BCUT2D eigenvalue weighted by molar-refractivity contribution is -0.385. The molecule has 0 bridgehead atoms. The second kappa shape index (κ2) is 7.74. The fraction of sp³-hybridized carbons (Fsp3) is 0.188. The summed E-state index contributed by atoms with van der Waals surface area (Å²) in [6.45, 7) is 3.27. The SMILES string of the molecule is CCOC(=O)c1sc(NC(=O)c2ccccc2[N+](=O)[O-])c(C(N)=O)c1C. The number of carbonyl (C=O) groups is 3. The normalized spacial score (nSPS) is 10.2. The molecular weight excluding hydrogens is 362 g/mol. The molecule has 0 saturated carbocycles. The van der Waals surface area contributed by atoms with E-state index in [9.17, 15) is 24.5 Å². The van der Waals surface area contributed by atoms with Crippen LogP contribution < -0.4 is 11.1 Å². The zero-order chi connectivity index (χ0) is 19.4. The van der Waals surface area contributed by atoms with Crippen LogP contribution in [0.15, 0.2) is 24.3 Å². The maximum Gasteiger partial charge on any atom is 0.348 e. The molecule has 1 aromatic carbocycles. The van der Waals surface area contributed by atoms with Gasteiger partial charge in [-0.1, -0.05) is 12.1 Å². The number of thiophene rings is 1. The minimum absolute atomic E-state index is 0.0289. The van der Waals surface area contributed by atoms with E-state index >= 15 is 0 Å². The van der Waals surface area contributed by atoms with Gasteiger partial charge in [0.1, 0.15) is 15.4 Å². The Kier molecular flexibility index (Phi) is 5.68. The summed E-state index contributed by atoms with van der Waals surface area (Å²) in [5.41, 5.74) is 5.02. The van der Waals surface area contributed by atoms with E-state index in [1.807, 2.05) is 0 Å². The number of nitrogens with two attached hydrogens (primary N) is 1. The van der Waals surface area contributed by atoms with Gasteiger partial charge >= 0.3 is 5.97 Å². The molecule has 0 aliphatic carbocycles. The number of para-hydroxylation sites is 1. The molecule has 1 aromatic heterocycles. The van der Waals surface area contributed by atoms with Gasteiger partial charge in [0.25, 0.3) is 17.5 Å². The molecule has 9 nitrogen and oxygen atoms in total. The van der Waals surface area contributed by atoms with Gasteiger partial charge in [0.2, 0.25) is 0 Å². The zero-order valence-electron chi connectivity index (χ0n) is 13.9. The summed E-state index contributed by atoms with van der Waals surface area (Å²) in [5, 5.41) is 13.5. The van der Waals surface area contributed by atoms with E-state index in [1.54, 1.807) is 6.92 Å². The predicted octanol–water partition coefficient (Wildman–Crippen LogP) is 2.49. The van der Waals surface area contributed by atoms with Crippen molar-refractivity contribution >= 4 is 39.8 Å². The Morgan fingerprint density at radius 3 is 2.54 bits per heavy atom. The van der Waals surface area contributed by atoms with Crippen LogP contribution in [0.5, 0.6) is 0 Å². The van der Waals surface area contributed by atoms with Gasteiger partial charge in [-0.3, -0.25) is 19.7 Å². The Bertz CT molecular complexity index is 905. The summed E-state index contributed by atoms with van der Waals surface area (Å²) in [4.78, 5) is 46.7. The molecule has 2 rings (SSSR count). The number of nitrogens with one attached hydrogen (secondary N) is 1. The third-order valence-electron chi connectivity index (χ3n) is 3.43. The number of carbonyl (C=O) groups excluding carboxylic acids is 3. The molecule has 3 N–H and O–H groups in total. The van der Waals surface area contributed by atoms with Crippen LogP contribution in [-0.2, 0) is 4.74 Å². The van der Waals surface area contributed by atoms with Gasteiger partial charge in [-0.05, 0) is 25.5 Å². The number of rotatable bonds is 6. The van der Waals surface area contributed by atoms with E-state index in [4.69, 9.17) is 10.5 Å². The minimum Gasteiger partial charge on any atom is -0.462 e. The highest BCUT2D eigenvalue weighted by atomic mass is 32.1. The number of nitrogens with zero attached hydrogens (tertiary/aromatic N) is 1. The molecule has 136 valence electrons. The minimum atomic E-state index is -0.841. The maximum absolute atomic E-state index is 12.5. The third-order valence-corrected chi connectivity index (χ3v) is 4.61. The Morgan fingerprint density at radius 1 is 1.31 bits per heavy atom. The van der Waals surface area contributed by atoms with E-state index in [2.05, 4.69) is 5.32 Å². The lowest BCUT2D eigenvalue weighted by Gasteiger charge is -2.05. The Morgan fingerprint density at radius 2 is 1.96 bits per heavy atom. The standard InChI is InChI=1S/C16H15N3O6S/c1-3-25-16(22)12-8(2)11(13(17)20)15(26-12)18-14(21)9-6-4-5-7-10(9)19(23)24/h4-7H,3H2,1-2H3,(H2,17,20)(H,18,21). The van der Waals surface area contributed by atoms with Crippen molar-refractivity contribution in [3.05, 3.63) is 55.9 Å². The van der Waals surface area contributed by atoms with Gasteiger partial charge in [0.05, 0.1) is 17.1 Å². The number of hydrogen-bond donors (Lipinski definition) is 2. The summed E-state index contributed by atoms with van der Waals surface area (Å²) in [5.74, 6) is -2.28. The zero-order valence-corrected chi connectivity index (χ0v) is 14.7. The molecule has 0 saturated heterocycles. The summed E-state index contributed by atoms with van der Waals surface area (Å²) < 4.78 is 4.91. The summed E-state index contributed by atoms with van der Waals surface area (Å²) in [6, 6.07) is 5.37. The highest BCUT2D eigenvalue weighted by molar-refractivity contribution is 7.18. The van der Waals surface area contributed by atoms with Crippen LogP contribution >= 0.6 is 11.3 Å². The summed E-state index contributed by atoms with van der Waals surface area (Å²) in [7, 11) is 0. The van der Waals surface area contributed by atoms with Crippen LogP contribution in [0.25, 0.3) is 0 Å². The summed E-state index contributed by atoms with van der Waals surface area (Å²) in [6.07, 6.45) is 0. The number of esters is 1.